The summed E-state index contributed by atoms with van der Waals surface area (Å²) >= 11 is 5.73. The van der Waals surface area contributed by atoms with E-state index in [1.807, 2.05) is 29.2 Å². The number of carbonyl (C=O) groups is 1. The number of rotatable bonds is 4. The first-order valence-electron chi connectivity index (χ1n) is 8.68. The van der Waals surface area contributed by atoms with Crippen LogP contribution in [0, 0.1) is 0 Å². The highest BCUT2D eigenvalue weighted by Crippen LogP contribution is 2.22. The van der Waals surface area contributed by atoms with Crippen LogP contribution in [0.25, 0.3) is 11.1 Å². The van der Waals surface area contributed by atoms with E-state index < -0.39 is 0 Å². The molecule has 7 nitrogen and oxygen atoms in total. The van der Waals surface area contributed by atoms with E-state index in [4.69, 9.17) is 20.5 Å². The second-order valence-electron chi connectivity index (χ2n) is 6.30. The van der Waals surface area contributed by atoms with Gasteiger partial charge in [0.2, 0.25) is 5.91 Å². The Bertz CT molecular complexity index is 874. The molecule has 0 saturated carbocycles. The van der Waals surface area contributed by atoms with Crippen molar-refractivity contribution < 1.29 is 13.7 Å². The van der Waals surface area contributed by atoms with Crippen LogP contribution in [-0.2, 0) is 11.2 Å². The number of carbonyl (C=O) groups excluding carboxylic acids is 1. The maximum Gasteiger partial charge on any atom is 0.298 e. The summed E-state index contributed by atoms with van der Waals surface area (Å²) in [5.74, 6) is 0.739. The molecule has 1 aliphatic rings. The lowest BCUT2D eigenvalue weighted by molar-refractivity contribution is -0.131. The van der Waals surface area contributed by atoms with Crippen LogP contribution in [-0.4, -0.2) is 47.1 Å². The van der Waals surface area contributed by atoms with Gasteiger partial charge in [-0.1, -0.05) is 28.9 Å². The van der Waals surface area contributed by atoms with Crippen molar-refractivity contribution in [3.8, 4) is 0 Å². The zero-order chi connectivity index (χ0) is 17.9. The first kappa shape index (κ1) is 16.9. The van der Waals surface area contributed by atoms with E-state index in [0.717, 1.165) is 30.6 Å². The number of amides is 1. The molecule has 0 aliphatic carbocycles. The molecule has 1 aromatic carbocycles. The van der Waals surface area contributed by atoms with Crippen molar-refractivity contribution in [3.05, 3.63) is 41.2 Å². The Morgan fingerprint density at radius 2 is 2.08 bits per heavy atom. The molecule has 8 heteroatoms. The molecule has 1 amide bonds. The highest BCUT2D eigenvalue weighted by Gasteiger charge is 2.22. The van der Waals surface area contributed by atoms with E-state index in [2.05, 4.69) is 15.0 Å². The lowest BCUT2D eigenvalue weighted by atomic mass is 10.2. The van der Waals surface area contributed by atoms with Crippen LogP contribution in [0.5, 0.6) is 0 Å². The van der Waals surface area contributed by atoms with E-state index in [9.17, 15) is 4.79 Å². The SMILES string of the molecule is O=C(CCc1cc(Cl)no1)N1CCCN(c2nc3ccccc3o2)CC1. The van der Waals surface area contributed by atoms with E-state index in [1.165, 1.54) is 0 Å². The molecule has 26 heavy (non-hydrogen) atoms. The minimum atomic E-state index is 0.108. The highest BCUT2D eigenvalue weighted by atomic mass is 35.5. The summed E-state index contributed by atoms with van der Waals surface area (Å²) in [7, 11) is 0. The van der Waals surface area contributed by atoms with Crippen LogP contribution < -0.4 is 4.90 Å². The van der Waals surface area contributed by atoms with Crippen molar-refractivity contribution in [2.45, 2.75) is 19.3 Å². The summed E-state index contributed by atoms with van der Waals surface area (Å²) in [5, 5.41) is 3.94. The molecule has 1 saturated heterocycles. The van der Waals surface area contributed by atoms with Gasteiger partial charge in [0, 0.05) is 45.1 Å². The third-order valence-corrected chi connectivity index (χ3v) is 4.70. The molecular weight excluding hydrogens is 356 g/mol. The molecule has 0 spiro atoms. The molecule has 3 heterocycles. The molecule has 2 aromatic heterocycles. The predicted octanol–water partition coefficient (Wildman–Crippen LogP) is 3.14. The average molecular weight is 375 g/mol. The van der Waals surface area contributed by atoms with Gasteiger partial charge in [-0.15, -0.1) is 0 Å². The highest BCUT2D eigenvalue weighted by molar-refractivity contribution is 6.29. The van der Waals surface area contributed by atoms with E-state index in [0.29, 0.717) is 42.9 Å². The third-order valence-electron chi connectivity index (χ3n) is 4.52. The molecule has 0 bridgehead atoms. The first-order chi connectivity index (χ1) is 12.7. The number of aryl methyl sites for hydroxylation is 1. The fourth-order valence-electron chi connectivity index (χ4n) is 3.15. The number of oxazole rings is 1. The maximum absolute atomic E-state index is 12.5. The number of aromatic nitrogens is 2. The van der Waals surface area contributed by atoms with Crippen LogP contribution in [0.2, 0.25) is 5.15 Å². The Labute approximate surface area is 155 Å². The Morgan fingerprint density at radius 3 is 2.88 bits per heavy atom. The zero-order valence-electron chi connectivity index (χ0n) is 14.2. The number of hydrogen-bond acceptors (Lipinski definition) is 6. The first-order valence-corrected chi connectivity index (χ1v) is 9.06. The standard InChI is InChI=1S/C18H19ClN4O3/c19-16-12-13(26-21-16)6-7-17(24)22-8-3-9-23(11-10-22)18-20-14-4-1-2-5-15(14)25-18/h1-2,4-5,12H,3,6-11H2. The van der Waals surface area contributed by atoms with Crippen LogP contribution in [0.15, 0.2) is 39.3 Å². The number of benzene rings is 1. The monoisotopic (exact) mass is 374 g/mol. The lowest BCUT2D eigenvalue weighted by Crippen LogP contribution is -2.35. The minimum absolute atomic E-state index is 0.108. The van der Waals surface area contributed by atoms with Crippen LogP contribution >= 0.6 is 11.6 Å². The molecule has 1 fully saturated rings. The van der Waals surface area contributed by atoms with Crippen molar-refractivity contribution in [1.29, 1.82) is 0 Å². The second kappa shape index (κ2) is 7.37. The third kappa shape index (κ3) is 3.67. The molecule has 3 aromatic rings. The normalized spacial score (nSPS) is 15.4. The summed E-state index contributed by atoms with van der Waals surface area (Å²) in [6.07, 6.45) is 1.76. The average Bonchev–Trinajstić information content (AvgIpc) is 3.18. The maximum atomic E-state index is 12.5. The fourth-order valence-corrected chi connectivity index (χ4v) is 3.30. The van der Waals surface area contributed by atoms with Crippen molar-refractivity contribution in [3.63, 3.8) is 0 Å². The van der Waals surface area contributed by atoms with Gasteiger partial charge in [0.1, 0.15) is 11.3 Å². The van der Waals surface area contributed by atoms with E-state index >= 15 is 0 Å². The molecular formula is C18H19ClN4O3. The smallest absolute Gasteiger partial charge is 0.298 e. The van der Waals surface area contributed by atoms with Crippen molar-refractivity contribution in [1.82, 2.24) is 15.0 Å². The predicted molar refractivity (Wildman–Crippen MR) is 97.3 cm³/mol. The number of fused-ring (bicyclic) bond motifs is 1. The van der Waals surface area contributed by atoms with Crippen LogP contribution in [0.1, 0.15) is 18.6 Å². The zero-order valence-corrected chi connectivity index (χ0v) is 15.0. The largest absolute Gasteiger partial charge is 0.423 e. The fraction of sp³-hybridized carbons (Fsp3) is 0.389. The van der Waals surface area contributed by atoms with E-state index in [-0.39, 0.29) is 5.91 Å². The number of hydrogen-bond donors (Lipinski definition) is 0. The molecule has 0 N–H and O–H groups in total. The Morgan fingerprint density at radius 1 is 1.19 bits per heavy atom. The summed E-state index contributed by atoms with van der Waals surface area (Å²) < 4.78 is 10.9. The Balaban J connectivity index is 1.35. The van der Waals surface area contributed by atoms with Gasteiger partial charge in [-0.2, -0.15) is 4.98 Å². The van der Waals surface area contributed by atoms with Gasteiger partial charge in [0.05, 0.1) is 0 Å². The van der Waals surface area contributed by atoms with Gasteiger partial charge < -0.3 is 18.7 Å². The number of nitrogens with zero attached hydrogens (tertiary/aromatic N) is 4. The van der Waals surface area contributed by atoms with Gasteiger partial charge in [-0.3, -0.25) is 4.79 Å². The summed E-state index contributed by atoms with van der Waals surface area (Å²) in [6.45, 7) is 2.89. The lowest BCUT2D eigenvalue weighted by Gasteiger charge is -2.21. The van der Waals surface area contributed by atoms with Crippen LogP contribution in [0.3, 0.4) is 0 Å². The van der Waals surface area contributed by atoms with E-state index in [1.54, 1.807) is 6.07 Å². The van der Waals surface area contributed by atoms with Gasteiger partial charge in [-0.05, 0) is 18.6 Å². The molecule has 0 radical (unpaired) electrons. The minimum Gasteiger partial charge on any atom is -0.423 e. The Kier molecular flexibility index (Phi) is 4.79. The molecule has 1 aliphatic heterocycles. The van der Waals surface area contributed by atoms with Gasteiger partial charge in [-0.25, -0.2) is 0 Å². The van der Waals surface area contributed by atoms with Gasteiger partial charge in [0.15, 0.2) is 10.7 Å². The van der Waals surface area contributed by atoms with Crippen LogP contribution in [0.4, 0.5) is 6.01 Å². The second-order valence-corrected chi connectivity index (χ2v) is 6.69. The topological polar surface area (TPSA) is 75.6 Å². The molecule has 0 atom stereocenters. The Hall–Kier alpha value is -2.54. The summed E-state index contributed by atoms with van der Waals surface area (Å²) in [4.78, 5) is 21.0. The van der Waals surface area contributed by atoms with Crippen molar-refractivity contribution >= 4 is 34.6 Å². The van der Waals surface area contributed by atoms with Gasteiger partial charge in [0.25, 0.3) is 6.01 Å². The van der Waals surface area contributed by atoms with Gasteiger partial charge >= 0.3 is 0 Å². The molecule has 136 valence electrons. The number of halogens is 1. The molecule has 0 unspecified atom stereocenters. The summed E-state index contributed by atoms with van der Waals surface area (Å²) in [5.41, 5.74) is 1.63. The van der Waals surface area contributed by atoms with Crippen molar-refractivity contribution in [2.75, 3.05) is 31.1 Å². The molecule has 4 rings (SSSR count). The number of anilines is 1. The van der Waals surface area contributed by atoms with Crippen molar-refractivity contribution in [2.24, 2.45) is 0 Å². The summed E-state index contributed by atoms with van der Waals surface area (Å²) in [6, 6.07) is 9.99. The number of para-hydroxylation sites is 2. The quantitative estimate of drug-likeness (QED) is 0.698.